The molecule has 0 spiro atoms. The van der Waals surface area contributed by atoms with Crippen molar-refractivity contribution in [1.82, 2.24) is 0 Å². The molecule has 0 aliphatic carbocycles. The number of thiophene rings is 1. The Morgan fingerprint density at radius 1 is 1.10 bits per heavy atom. The van der Waals surface area contributed by atoms with Crippen LogP contribution in [0.1, 0.15) is 15.9 Å². The zero-order valence-electron chi connectivity index (χ0n) is 16.1. The lowest BCUT2D eigenvalue weighted by Gasteiger charge is -2.13. The second-order valence-corrected chi connectivity index (χ2v) is 7.61. The van der Waals surface area contributed by atoms with Crippen LogP contribution in [0.15, 0.2) is 54.6 Å². The van der Waals surface area contributed by atoms with Crippen molar-refractivity contribution in [2.45, 2.75) is 13.5 Å². The molecule has 1 aromatic heterocycles. The molecule has 3 rings (SSSR count). The second kappa shape index (κ2) is 9.64. The van der Waals surface area contributed by atoms with E-state index < -0.39 is 12.6 Å². The third-order valence-corrected chi connectivity index (χ3v) is 5.40. The van der Waals surface area contributed by atoms with E-state index >= 15 is 0 Å². The van der Waals surface area contributed by atoms with Gasteiger partial charge < -0.3 is 20.1 Å². The lowest BCUT2D eigenvalue weighted by atomic mass is 10.1. The molecule has 0 bridgehead atoms. The molecule has 2 aromatic carbocycles. The quantitative estimate of drug-likeness (QED) is 0.361. The van der Waals surface area contributed by atoms with Crippen LogP contribution in [0, 0.1) is 6.92 Å². The lowest BCUT2D eigenvalue weighted by molar-refractivity contribution is -0.0498. The predicted octanol–water partition coefficient (Wildman–Crippen LogP) is 5.92. The fourth-order valence-electron chi connectivity index (χ4n) is 2.70. The van der Waals surface area contributed by atoms with Crippen molar-refractivity contribution in [1.29, 1.82) is 0 Å². The van der Waals surface area contributed by atoms with Crippen LogP contribution in [0.3, 0.4) is 0 Å². The number of hydrogen-bond donors (Lipinski definition) is 2. The normalized spacial score (nSPS) is 10.6. The van der Waals surface area contributed by atoms with E-state index in [2.05, 4.69) is 15.4 Å². The van der Waals surface area contributed by atoms with Gasteiger partial charge in [-0.1, -0.05) is 30.3 Å². The van der Waals surface area contributed by atoms with Crippen LogP contribution in [0.25, 0.3) is 10.4 Å². The SMILES string of the molecule is COC(=O)c1cc(-c2ccccc2)sc1NC(=S)Nc1ccc(OC(F)F)cc1C. The van der Waals surface area contributed by atoms with Crippen molar-refractivity contribution >= 4 is 45.3 Å². The minimum Gasteiger partial charge on any atom is -0.465 e. The Kier molecular flexibility index (Phi) is 6.96. The van der Waals surface area contributed by atoms with E-state index in [0.29, 0.717) is 21.8 Å². The summed E-state index contributed by atoms with van der Waals surface area (Å²) in [6.45, 7) is -1.15. The smallest absolute Gasteiger partial charge is 0.387 e. The number of carbonyl (C=O) groups excluding carboxylic acids is 1. The average Bonchev–Trinajstić information content (AvgIpc) is 3.13. The highest BCUT2D eigenvalue weighted by Crippen LogP contribution is 2.36. The van der Waals surface area contributed by atoms with Crippen LogP contribution < -0.4 is 15.4 Å². The number of anilines is 2. The summed E-state index contributed by atoms with van der Waals surface area (Å²) in [5.41, 5.74) is 2.61. The van der Waals surface area contributed by atoms with Gasteiger partial charge in [-0.05, 0) is 54.5 Å². The topological polar surface area (TPSA) is 59.6 Å². The molecule has 9 heteroatoms. The van der Waals surface area contributed by atoms with Crippen LogP contribution in [-0.2, 0) is 4.74 Å². The molecule has 0 amide bonds. The van der Waals surface area contributed by atoms with Crippen molar-refractivity contribution < 1.29 is 23.0 Å². The van der Waals surface area contributed by atoms with E-state index in [0.717, 1.165) is 10.4 Å². The molecule has 0 radical (unpaired) electrons. The number of benzene rings is 2. The van der Waals surface area contributed by atoms with Gasteiger partial charge in [0.15, 0.2) is 5.11 Å². The first-order valence-electron chi connectivity index (χ1n) is 8.78. The second-order valence-electron chi connectivity index (χ2n) is 6.15. The fourth-order valence-corrected chi connectivity index (χ4v) is 4.03. The summed E-state index contributed by atoms with van der Waals surface area (Å²) in [5, 5.41) is 6.81. The number of ether oxygens (including phenoxy) is 2. The molecule has 30 heavy (non-hydrogen) atoms. The zero-order chi connectivity index (χ0) is 21.7. The minimum absolute atomic E-state index is 0.0608. The maximum Gasteiger partial charge on any atom is 0.387 e. The standard InChI is InChI=1S/C21H18F2N2O3S2/c1-12-10-14(28-20(22)23)8-9-16(12)24-21(29)25-18-15(19(26)27-2)11-17(30-18)13-6-4-3-5-7-13/h3-11,20H,1-2H3,(H2,24,25,29). The largest absolute Gasteiger partial charge is 0.465 e. The number of alkyl halides is 2. The maximum absolute atomic E-state index is 12.4. The summed E-state index contributed by atoms with van der Waals surface area (Å²) in [6, 6.07) is 15.9. The molecular weight excluding hydrogens is 430 g/mol. The summed E-state index contributed by atoms with van der Waals surface area (Å²) in [4.78, 5) is 13.1. The monoisotopic (exact) mass is 448 g/mol. The number of rotatable bonds is 6. The van der Waals surface area contributed by atoms with Gasteiger partial charge in [0, 0.05) is 10.6 Å². The van der Waals surface area contributed by atoms with Gasteiger partial charge in [0.2, 0.25) is 0 Å². The Labute approximate surface area is 181 Å². The maximum atomic E-state index is 12.4. The summed E-state index contributed by atoms with van der Waals surface area (Å²) in [7, 11) is 1.31. The third-order valence-electron chi connectivity index (χ3n) is 4.09. The van der Waals surface area contributed by atoms with E-state index in [4.69, 9.17) is 17.0 Å². The summed E-state index contributed by atoms with van der Waals surface area (Å²) < 4.78 is 34.0. The number of methoxy groups -OCH3 is 1. The summed E-state index contributed by atoms with van der Waals surface area (Å²) >= 11 is 6.74. The number of halogens is 2. The molecule has 0 aliphatic rings. The molecule has 2 N–H and O–H groups in total. The summed E-state index contributed by atoms with van der Waals surface area (Å²) in [5.74, 6) is -0.422. The average molecular weight is 449 g/mol. The van der Waals surface area contributed by atoms with E-state index in [1.54, 1.807) is 19.1 Å². The van der Waals surface area contributed by atoms with E-state index in [9.17, 15) is 13.6 Å². The molecular formula is C21H18F2N2O3S2. The zero-order valence-corrected chi connectivity index (χ0v) is 17.7. The first-order chi connectivity index (χ1) is 14.4. The van der Waals surface area contributed by atoms with E-state index in [-0.39, 0.29) is 10.9 Å². The minimum atomic E-state index is -2.89. The van der Waals surface area contributed by atoms with E-state index in [1.807, 2.05) is 30.3 Å². The van der Waals surface area contributed by atoms with Crippen LogP contribution in [-0.4, -0.2) is 24.8 Å². The molecule has 0 atom stereocenters. The van der Waals surface area contributed by atoms with Gasteiger partial charge in [-0.2, -0.15) is 8.78 Å². The predicted molar refractivity (Wildman–Crippen MR) is 119 cm³/mol. The number of hydrogen-bond acceptors (Lipinski definition) is 5. The lowest BCUT2D eigenvalue weighted by Crippen LogP contribution is -2.20. The molecule has 156 valence electrons. The number of thiocarbonyl (C=S) groups is 1. The molecule has 0 saturated carbocycles. The van der Waals surface area contributed by atoms with Gasteiger partial charge in [0.25, 0.3) is 0 Å². The number of aryl methyl sites for hydroxylation is 1. The Balaban J connectivity index is 1.79. The highest BCUT2D eigenvalue weighted by molar-refractivity contribution is 7.80. The first kappa shape index (κ1) is 21.7. The Morgan fingerprint density at radius 2 is 1.83 bits per heavy atom. The number of esters is 1. The van der Waals surface area contributed by atoms with Crippen LogP contribution in [0.4, 0.5) is 19.5 Å². The van der Waals surface area contributed by atoms with Gasteiger partial charge in [0.05, 0.1) is 12.7 Å². The van der Waals surface area contributed by atoms with Crippen molar-refractivity contribution in [2.24, 2.45) is 0 Å². The number of nitrogens with one attached hydrogen (secondary N) is 2. The highest BCUT2D eigenvalue weighted by atomic mass is 32.1. The summed E-state index contributed by atoms with van der Waals surface area (Å²) in [6.07, 6.45) is 0. The van der Waals surface area contributed by atoms with Crippen molar-refractivity contribution in [3.05, 3.63) is 65.7 Å². The number of carbonyl (C=O) groups is 1. The van der Waals surface area contributed by atoms with Gasteiger partial charge in [-0.15, -0.1) is 11.3 Å². The highest BCUT2D eigenvalue weighted by Gasteiger charge is 2.19. The van der Waals surface area contributed by atoms with Gasteiger partial charge in [-0.25, -0.2) is 4.79 Å². The van der Waals surface area contributed by atoms with Crippen LogP contribution in [0.5, 0.6) is 5.75 Å². The molecule has 3 aromatic rings. The van der Waals surface area contributed by atoms with Crippen molar-refractivity contribution in [3.63, 3.8) is 0 Å². The molecule has 0 unspecified atom stereocenters. The first-order valence-corrected chi connectivity index (χ1v) is 10.0. The third kappa shape index (κ3) is 5.31. The molecule has 5 nitrogen and oxygen atoms in total. The molecule has 0 saturated heterocycles. The fraction of sp³-hybridized carbons (Fsp3) is 0.143. The van der Waals surface area contributed by atoms with Crippen molar-refractivity contribution in [2.75, 3.05) is 17.7 Å². The van der Waals surface area contributed by atoms with E-state index in [1.165, 1.54) is 30.6 Å². The van der Waals surface area contributed by atoms with Gasteiger partial charge in [-0.3, -0.25) is 0 Å². The van der Waals surface area contributed by atoms with Gasteiger partial charge >= 0.3 is 12.6 Å². The Morgan fingerprint density at radius 3 is 2.47 bits per heavy atom. The molecule has 0 fully saturated rings. The molecule has 0 aliphatic heterocycles. The van der Waals surface area contributed by atoms with Gasteiger partial charge in [0.1, 0.15) is 10.8 Å². The molecule has 1 heterocycles. The Bertz CT molecular complexity index is 1060. The van der Waals surface area contributed by atoms with Crippen LogP contribution >= 0.6 is 23.6 Å². The van der Waals surface area contributed by atoms with Crippen molar-refractivity contribution in [3.8, 4) is 16.2 Å². The van der Waals surface area contributed by atoms with Crippen LogP contribution in [0.2, 0.25) is 0 Å². The Hall–Kier alpha value is -3.04.